The normalized spacial score (nSPS) is 12.2. The number of halogens is 2. The number of anilines is 1. The maximum absolute atomic E-state index is 13.5. The van der Waals surface area contributed by atoms with Crippen molar-refractivity contribution >= 4 is 17.4 Å². The Kier molecular flexibility index (Phi) is 5.09. The highest BCUT2D eigenvalue weighted by Gasteiger charge is 2.13. The Hall–Kier alpha value is -1.72. The third-order valence-electron chi connectivity index (χ3n) is 3.10. The lowest BCUT2D eigenvalue weighted by atomic mass is 10.1. The van der Waals surface area contributed by atoms with Gasteiger partial charge in [-0.25, -0.2) is 14.4 Å². The van der Waals surface area contributed by atoms with E-state index in [-0.39, 0.29) is 11.6 Å². The predicted molar refractivity (Wildman–Crippen MR) is 81.0 cm³/mol. The zero-order chi connectivity index (χ0) is 15.4. The van der Waals surface area contributed by atoms with Gasteiger partial charge in [0.25, 0.3) is 0 Å². The first-order valence-electron chi connectivity index (χ1n) is 6.70. The van der Waals surface area contributed by atoms with E-state index in [2.05, 4.69) is 15.3 Å². The summed E-state index contributed by atoms with van der Waals surface area (Å²) in [4.78, 5) is 8.57. The van der Waals surface area contributed by atoms with Crippen LogP contribution in [-0.4, -0.2) is 21.7 Å². The van der Waals surface area contributed by atoms with Crippen LogP contribution in [0.5, 0.6) is 0 Å². The Morgan fingerprint density at radius 2 is 2.10 bits per heavy atom. The number of aromatic nitrogens is 2. The van der Waals surface area contributed by atoms with E-state index >= 15 is 0 Å². The van der Waals surface area contributed by atoms with Crippen molar-refractivity contribution in [1.82, 2.24) is 9.97 Å². The lowest BCUT2D eigenvalue weighted by molar-refractivity contribution is 0.276. The average Bonchev–Trinajstić information content (AvgIpc) is 2.47. The zero-order valence-electron chi connectivity index (χ0n) is 11.9. The fourth-order valence-corrected chi connectivity index (χ4v) is 2.14. The first-order chi connectivity index (χ1) is 10.0. The quantitative estimate of drug-likeness (QED) is 0.890. The van der Waals surface area contributed by atoms with E-state index in [1.54, 1.807) is 13.0 Å². The Labute approximate surface area is 128 Å². The number of nitrogens with zero attached hydrogens (tertiary/aromatic N) is 2. The van der Waals surface area contributed by atoms with E-state index in [1.807, 2.05) is 13.0 Å². The standard InChI is InChI=1S/C15H17ClFN3O/c1-3-11-7-15(19-9(2)18-11)20-14(8-21)10-4-5-12(16)13(17)6-10/h4-7,14,21H,3,8H2,1-2H3,(H,18,19,20). The van der Waals surface area contributed by atoms with Gasteiger partial charge in [0.2, 0.25) is 0 Å². The van der Waals surface area contributed by atoms with Gasteiger partial charge in [0.15, 0.2) is 0 Å². The van der Waals surface area contributed by atoms with Crippen molar-refractivity contribution in [2.45, 2.75) is 26.3 Å². The zero-order valence-corrected chi connectivity index (χ0v) is 12.7. The van der Waals surface area contributed by atoms with Gasteiger partial charge in [-0.05, 0) is 31.0 Å². The van der Waals surface area contributed by atoms with E-state index in [1.165, 1.54) is 12.1 Å². The number of hydrogen-bond donors (Lipinski definition) is 2. The van der Waals surface area contributed by atoms with Crippen LogP contribution in [0.3, 0.4) is 0 Å². The highest BCUT2D eigenvalue weighted by molar-refractivity contribution is 6.30. The van der Waals surface area contributed by atoms with Crippen molar-refractivity contribution in [3.05, 3.63) is 52.2 Å². The first kappa shape index (κ1) is 15.7. The summed E-state index contributed by atoms with van der Waals surface area (Å²) < 4.78 is 13.5. The molecule has 6 heteroatoms. The summed E-state index contributed by atoms with van der Waals surface area (Å²) in [5.41, 5.74) is 1.51. The van der Waals surface area contributed by atoms with Crippen molar-refractivity contribution < 1.29 is 9.50 Å². The molecule has 0 aliphatic carbocycles. The molecule has 2 N–H and O–H groups in total. The molecule has 1 atom stereocenters. The Morgan fingerprint density at radius 3 is 2.71 bits per heavy atom. The second-order valence-corrected chi connectivity index (χ2v) is 5.11. The molecule has 1 unspecified atom stereocenters. The fourth-order valence-electron chi connectivity index (χ4n) is 2.03. The van der Waals surface area contributed by atoms with Crippen molar-refractivity contribution in [2.24, 2.45) is 0 Å². The van der Waals surface area contributed by atoms with Gasteiger partial charge in [-0.1, -0.05) is 24.6 Å². The lowest BCUT2D eigenvalue weighted by Crippen LogP contribution is -2.16. The molecule has 2 aromatic rings. The van der Waals surface area contributed by atoms with Gasteiger partial charge in [-0.2, -0.15) is 0 Å². The number of benzene rings is 1. The molecule has 0 fully saturated rings. The molecule has 0 radical (unpaired) electrons. The maximum Gasteiger partial charge on any atom is 0.142 e. The molecule has 1 aromatic heterocycles. The topological polar surface area (TPSA) is 58.0 Å². The molecule has 0 amide bonds. The van der Waals surface area contributed by atoms with Crippen LogP contribution in [0.1, 0.15) is 30.0 Å². The fraction of sp³-hybridized carbons (Fsp3) is 0.333. The molecule has 4 nitrogen and oxygen atoms in total. The molecule has 1 heterocycles. The second kappa shape index (κ2) is 6.83. The molecule has 1 aromatic carbocycles. The summed E-state index contributed by atoms with van der Waals surface area (Å²) in [7, 11) is 0. The third kappa shape index (κ3) is 3.89. The van der Waals surface area contributed by atoms with Gasteiger partial charge in [0, 0.05) is 11.8 Å². The van der Waals surface area contributed by atoms with Crippen LogP contribution in [0.2, 0.25) is 5.02 Å². The van der Waals surface area contributed by atoms with Crippen LogP contribution < -0.4 is 5.32 Å². The Bertz CT molecular complexity index is 636. The van der Waals surface area contributed by atoms with E-state index in [0.29, 0.717) is 17.2 Å². The summed E-state index contributed by atoms with van der Waals surface area (Å²) in [6, 6.07) is 5.82. The van der Waals surface area contributed by atoms with Crippen LogP contribution in [0.4, 0.5) is 10.2 Å². The van der Waals surface area contributed by atoms with Crippen molar-refractivity contribution in [2.75, 3.05) is 11.9 Å². The monoisotopic (exact) mass is 309 g/mol. The summed E-state index contributed by atoms with van der Waals surface area (Å²) in [6.45, 7) is 3.62. The van der Waals surface area contributed by atoms with Gasteiger partial charge in [-0.15, -0.1) is 0 Å². The van der Waals surface area contributed by atoms with Gasteiger partial charge in [0.1, 0.15) is 17.5 Å². The number of rotatable bonds is 5. The van der Waals surface area contributed by atoms with Crippen LogP contribution >= 0.6 is 11.6 Å². The second-order valence-electron chi connectivity index (χ2n) is 4.70. The SMILES string of the molecule is CCc1cc(NC(CO)c2ccc(Cl)c(F)c2)nc(C)n1. The van der Waals surface area contributed by atoms with Gasteiger partial charge < -0.3 is 10.4 Å². The highest BCUT2D eigenvalue weighted by Crippen LogP contribution is 2.23. The highest BCUT2D eigenvalue weighted by atomic mass is 35.5. The van der Waals surface area contributed by atoms with Gasteiger partial charge in [-0.3, -0.25) is 0 Å². The van der Waals surface area contributed by atoms with E-state index in [0.717, 1.165) is 12.1 Å². The summed E-state index contributed by atoms with van der Waals surface area (Å²) in [6.07, 6.45) is 0.789. The van der Waals surface area contributed by atoms with E-state index < -0.39 is 11.9 Å². The minimum absolute atomic E-state index is 0.0570. The maximum atomic E-state index is 13.5. The molecular weight excluding hydrogens is 293 g/mol. The van der Waals surface area contributed by atoms with Crippen LogP contribution in [0, 0.1) is 12.7 Å². The van der Waals surface area contributed by atoms with Crippen LogP contribution in [0.15, 0.2) is 24.3 Å². The molecule has 0 aliphatic rings. The summed E-state index contributed by atoms with van der Waals surface area (Å²) in [5.74, 6) is 0.743. The smallest absolute Gasteiger partial charge is 0.142 e. The predicted octanol–water partition coefficient (Wildman–Crippen LogP) is 3.29. The molecule has 112 valence electrons. The first-order valence-corrected chi connectivity index (χ1v) is 7.08. The molecular formula is C15H17ClFN3O. The molecule has 0 aliphatic heterocycles. The summed E-state index contributed by atoms with van der Waals surface area (Å²) >= 11 is 5.67. The van der Waals surface area contributed by atoms with E-state index in [9.17, 15) is 9.50 Å². The van der Waals surface area contributed by atoms with Crippen LogP contribution in [-0.2, 0) is 6.42 Å². The van der Waals surface area contributed by atoms with E-state index in [4.69, 9.17) is 11.6 Å². The lowest BCUT2D eigenvalue weighted by Gasteiger charge is -2.18. The van der Waals surface area contributed by atoms with Crippen molar-refractivity contribution in [3.8, 4) is 0 Å². The number of hydrogen-bond acceptors (Lipinski definition) is 4. The average molecular weight is 310 g/mol. The van der Waals surface area contributed by atoms with Gasteiger partial charge >= 0.3 is 0 Å². The van der Waals surface area contributed by atoms with Crippen molar-refractivity contribution in [3.63, 3.8) is 0 Å². The minimum Gasteiger partial charge on any atom is -0.394 e. The Balaban J connectivity index is 2.26. The van der Waals surface area contributed by atoms with Crippen LogP contribution in [0.25, 0.3) is 0 Å². The molecule has 0 spiro atoms. The number of aliphatic hydroxyl groups is 1. The number of aliphatic hydroxyl groups excluding tert-OH is 1. The largest absolute Gasteiger partial charge is 0.394 e. The Morgan fingerprint density at radius 1 is 1.33 bits per heavy atom. The molecule has 0 bridgehead atoms. The minimum atomic E-state index is -0.512. The molecule has 21 heavy (non-hydrogen) atoms. The third-order valence-corrected chi connectivity index (χ3v) is 3.41. The number of nitrogens with one attached hydrogen (secondary N) is 1. The molecule has 2 rings (SSSR count). The molecule has 0 saturated carbocycles. The van der Waals surface area contributed by atoms with Crippen molar-refractivity contribution in [1.29, 1.82) is 0 Å². The van der Waals surface area contributed by atoms with Gasteiger partial charge in [0.05, 0.1) is 17.7 Å². The number of aryl methyl sites for hydroxylation is 2. The molecule has 0 saturated heterocycles. The summed E-state index contributed by atoms with van der Waals surface area (Å²) in [5, 5.41) is 12.7.